The van der Waals surface area contributed by atoms with Gasteiger partial charge < -0.3 is 5.11 Å². The summed E-state index contributed by atoms with van der Waals surface area (Å²) in [5.74, 6) is 0. The van der Waals surface area contributed by atoms with Crippen molar-refractivity contribution in [3.8, 4) is 0 Å². The van der Waals surface area contributed by atoms with Crippen molar-refractivity contribution < 1.29 is 9.90 Å². The van der Waals surface area contributed by atoms with Crippen molar-refractivity contribution >= 4 is 33.3 Å². The Morgan fingerprint density at radius 3 is 2.71 bits per heavy atom. The smallest absolute Gasteiger partial charge is 0.431 e. The van der Waals surface area contributed by atoms with Gasteiger partial charge in [0.1, 0.15) is 0 Å². The van der Waals surface area contributed by atoms with Crippen molar-refractivity contribution in [2.45, 2.75) is 0 Å². The van der Waals surface area contributed by atoms with Gasteiger partial charge in [-0.25, -0.2) is 4.79 Å². The van der Waals surface area contributed by atoms with Crippen LogP contribution >= 0.6 is 21.7 Å². The molecule has 0 aromatic carbocycles. The standard InChI is InChI=1S/C2H2ClNO2S/c3-7-1-4-2(5)6/h1H,(H,5,6). The molecule has 40 valence electrons. The van der Waals surface area contributed by atoms with E-state index in [1.165, 1.54) is 0 Å². The minimum Gasteiger partial charge on any atom is -0.463 e. The molecule has 0 bridgehead atoms. The molecule has 3 nitrogen and oxygen atoms in total. The van der Waals surface area contributed by atoms with Crippen molar-refractivity contribution in [3.05, 3.63) is 0 Å². The molecule has 0 aromatic heterocycles. The van der Waals surface area contributed by atoms with Gasteiger partial charge in [-0.3, -0.25) is 0 Å². The summed E-state index contributed by atoms with van der Waals surface area (Å²) in [7, 11) is 5.68. The van der Waals surface area contributed by atoms with Gasteiger partial charge in [0.15, 0.2) is 0 Å². The van der Waals surface area contributed by atoms with Gasteiger partial charge in [-0.2, -0.15) is 4.99 Å². The minimum atomic E-state index is -1.23. The van der Waals surface area contributed by atoms with Crippen LogP contribution in [0.1, 0.15) is 0 Å². The van der Waals surface area contributed by atoms with E-state index in [-0.39, 0.29) is 0 Å². The summed E-state index contributed by atoms with van der Waals surface area (Å²) in [6.45, 7) is 0. The molecule has 0 aliphatic heterocycles. The van der Waals surface area contributed by atoms with Crippen LogP contribution < -0.4 is 0 Å². The normalized spacial score (nSPS) is 9.86. The lowest BCUT2D eigenvalue weighted by molar-refractivity contribution is 0.206. The number of hydrogen-bond acceptors (Lipinski definition) is 2. The van der Waals surface area contributed by atoms with E-state index in [9.17, 15) is 4.79 Å². The molecule has 0 fully saturated rings. The Morgan fingerprint density at radius 2 is 2.57 bits per heavy atom. The third-order valence-electron chi connectivity index (χ3n) is 0.203. The van der Waals surface area contributed by atoms with E-state index in [4.69, 9.17) is 15.8 Å². The van der Waals surface area contributed by atoms with E-state index < -0.39 is 6.09 Å². The molecule has 7 heavy (non-hydrogen) atoms. The summed E-state index contributed by atoms with van der Waals surface area (Å²) >= 11 is 0. The van der Waals surface area contributed by atoms with Crippen LogP contribution in [0.25, 0.3) is 0 Å². The fraction of sp³-hybridized carbons (Fsp3) is 0. The number of aliphatic imine (C=N–C) groups is 1. The van der Waals surface area contributed by atoms with Gasteiger partial charge in [0.2, 0.25) is 0 Å². The Morgan fingerprint density at radius 1 is 2.00 bits per heavy atom. The zero-order chi connectivity index (χ0) is 5.70. The van der Waals surface area contributed by atoms with Crippen LogP contribution in [0.3, 0.4) is 0 Å². The van der Waals surface area contributed by atoms with Crippen molar-refractivity contribution in [3.63, 3.8) is 0 Å². The second kappa shape index (κ2) is 3.95. The maximum absolute atomic E-state index is 9.49. The largest absolute Gasteiger partial charge is 0.463 e. The summed E-state index contributed by atoms with van der Waals surface area (Å²) in [5.41, 5.74) is 1.03. The lowest BCUT2D eigenvalue weighted by atomic mass is 11.2. The number of nitrogens with zero attached hydrogens (tertiary/aromatic N) is 1. The predicted molar refractivity (Wildman–Crippen MR) is 30.0 cm³/mol. The van der Waals surface area contributed by atoms with Gasteiger partial charge in [0.25, 0.3) is 0 Å². The first-order chi connectivity index (χ1) is 3.27. The maximum atomic E-state index is 9.49. The van der Waals surface area contributed by atoms with E-state index >= 15 is 0 Å². The van der Waals surface area contributed by atoms with E-state index in [2.05, 4.69) is 4.99 Å². The molecular weight excluding hydrogens is 138 g/mol. The summed E-state index contributed by atoms with van der Waals surface area (Å²) in [5, 5.41) is 7.77. The van der Waals surface area contributed by atoms with Crippen molar-refractivity contribution in [1.29, 1.82) is 0 Å². The molecular formula is C2H2ClNO2S. The molecule has 0 aromatic rings. The Hall–Kier alpha value is -0.220. The summed E-state index contributed by atoms with van der Waals surface area (Å²) < 4.78 is 0. The molecule has 0 aliphatic rings. The highest BCUT2D eigenvalue weighted by molar-refractivity contribution is 8.31. The minimum absolute atomic E-state index is 0.730. The van der Waals surface area contributed by atoms with Gasteiger partial charge in [-0.05, 0) is 21.7 Å². The van der Waals surface area contributed by atoms with Crippen LogP contribution in [0.2, 0.25) is 0 Å². The van der Waals surface area contributed by atoms with E-state index in [0.29, 0.717) is 0 Å². The number of halogens is 1. The molecule has 1 N–H and O–H groups in total. The lowest BCUT2D eigenvalue weighted by Gasteiger charge is -1.72. The average molecular weight is 140 g/mol. The Kier molecular flexibility index (Phi) is 3.83. The zero-order valence-corrected chi connectivity index (χ0v) is 4.74. The lowest BCUT2D eigenvalue weighted by Crippen LogP contribution is -1.81. The van der Waals surface area contributed by atoms with Crippen molar-refractivity contribution in [2.24, 2.45) is 4.99 Å². The highest BCUT2D eigenvalue weighted by Gasteiger charge is 1.81. The summed E-state index contributed by atoms with van der Waals surface area (Å²) in [6, 6.07) is 0. The fourth-order valence-electron chi connectivity index (χ4n) is 0.0650. The molecule has 0 heterocycles. The average Bonchev–Trinajstić information content (AvgIpc) is 1.61. The van der Waals surface area contributed by atoms with E-state index in [1.807, 2.05) is 0 Å². The highest BCUT2D eigenvalue weighted by atomic mass is 35.7. The van der Waals surface area contributed by atoms with Crippen molar-refractivity contribution in [1.82, 2.24) is 0 Å². The maximum Gasteiger partial charge on any atom is 0.431 e. The van der Waals surface area contributed by atoms with Gasteiger partial charge in [0.05, 0.1) is 5.55 Å². The second-order valence-electron chi connectivity index (χ2n) is 0.606. The van der Waals surface area contributed by atoms with Gasteiger partial charge in [-0.15, -0.1) is 0 Å². The first-order valence-corrected chi connectivity index (χ1v) is 3.01. The Balaban J connectivity index is 3.26. The monoisotopic (exact) mass is 139 g/mol. The van der Waals surface area contributed by atoms with Crippen LogP contribution in [0.5, 0.6) is 0 Å². The van der Waals surface area contributed by atoms with Crippen LogP contribution in [0.15, 0.2) is 4.99 Å². The van der Waals surface area contributed by atoms with Gasteiger partial charge in [0, 0.05) is 0 Å². The molecule has 0 saturated heterocycles. The molecule has 0 saturated carbocycles. The van der Waals surface area contributed by atoms with E-state index in [1.54, 1.807) is 0 Å². The number of carboxylic acid groups (broad SMARTS) is 1. The number of rotatable bonds is 1. The van der Waals surface area contributed by atoms with Gasteiger partial charge >= 0.3 is 6.09 Å². The topological polar surface area (TPSA) is 49.7 Å². The number of amides is 1. The molecule has 1 amide bonds. The SMILES string of the molecule is O=C(O)N=CSCl. The van der Waals surface area contributed by atoms with Gasteiger partial charge in [-0.1, -0.05) is 0 Å². The third-order valence-corrected chi connectivity index (χ3v) is 0.627. The molecule has 0 radical (unpaired) electrons. The summed E-state index contributed by atoms with van der Waals surface area (Å²) in [4.78, 5) is 12.4. The zero-order valence-electron chi connectivity index (χ0n) is 3.17. The first-order valence-electron chi connectivity index (χ1n) is 1.30. The number of carbonyl (C=O) groups is 1. The first kappa shape index (κ1) is 6.78. The molecule has 0 spiro atoms. The molecule has 5 heteroatoms. The third kappa shape index (κ3) is 5.78. The summed E-state index contributed by atoms with van der Waals surface area (Å²) in [6.07, 6.45) is -1.23. The van der Waals surface area contributed by atoms with Crippen LogP contribution in [0, 0.1) is 0 Å². The molecule has 0 atom stereocenters. The number of hydrogen-bond donors (Lipinski definition) is 1. The molecule has 0 rings (SSSR count). The van der Waals surface area contributed by atoms with Crippen LogP contribution in [-0.4, -0.2) is 16.7 Å². The highest BCUT2D eigenvalue weighted by Crippen LogP contribution is 1.98. The Labute approximate surface area is 48.9 Å². The molecule has 0 unspecified atom stereocenters. The van der Waals surface area contributed by atoms with E-state index in [0.717, 1.165) is 16.5 Å². The van der Waals surface area contributed by atoms with Crippen molar-refractivity contribution in [2.75, 3.05) is 0 Å². The molecule has 0 aliphatic carbocycles. The fourth-order valence-corrected chi connectivity index (χ4v) is 0.315. The quantitative estimate of drug-likeness (QED) is 0.443. The Bertz CT molecular complexity index is 93.7. The second-order valence-corrected chi connectivity index (χ2v) is 1.53. The van der Waals surface area contributed by atoms with Crippen LogP contribution in [-0.2, 0) is 0 Å². The predicted octanol–water partition coefficient (Wildman–Crippen LogP) is 1.58. The van der Waals surface area contributed by atoms with Crippen LogP contribution in [0.4, 0.5) is 4.79 Å².